The van der Waals surface area contributed by atoms with Gasteiger partial charge in [-0.15, -0.1) is 11.3 Å². The van der Waals surface area contributed by atoms with Gasteiger partial charge in [0.05, 0.1) is 19.1 Å². The van der Waals surface area contributed by atoms with Gasteiger partial charge < -0.3 is 10.1 Å². The van der Waals surface area contributed by atoms with E-state index in [-0.39, 0.29) is 12.3 Å². The lowest BCUT2D eigenvalue weighted by Crippen LogP contribution is -2.31. The zero-order valence-corrected chi connectivity index (χ0v) is 17.1. The Morgan fingerprint density at radius 1 is 1.14 bits per heavy atom. The summed E-state index contributed by atoms with van der Waals surface area (Å²) in [6.45, 7) is 3.96. The Bertz CT molecular complexity index is 933. The number of amides is 3. The Morgan fingerprint density at radius 2 is 1.89 bits per heavy atom. The van der Waals surface area contributed by atoms with Crippen molar-refractivity contribution >= 4 is 34.2 Å². The fourth-order valence-electron chi connectivity index (χ4n) is 3.43. The maximum atomic E-state index is 12.7. The molecule has 0 aliphatic heterocycles. The Balaban J connectivity index is 1.85. The number of anilines is 1. The van der Waals surface area contributed by atoms with Crippen LogP contribution in [-0.4, -0.2) is 25.0 Å². The molecule has 148 valence electrons. The van der Waals surface area contributed by atoms with Crippen molar-refractivity contribution in [3.05, 3.63) is 50.9 Å². The summed E-state index contributed by atoms with van der Waals surface area (Å²) in [7, 11) is 1.21. The first kappa shape index (κ1) is 20.1. The summed E-state index contributed by atoms with van der Waals surface area (Å²) in [5, 5.41) is 5.62. The van der Waals surface area contributed by atoms with Gasteiger partial charge in [-0.3, -0.25) is 14.9 Å². The molecule has 0 saturated carbocycles. The molecule has 0 saturated heterocycles. The maximum Gasteiger partial charge on any atom is 0.413 e. The van der Waals surface area contributed by atoms with Gasteiger partial charge in [-0.05, 0) is 56.2 Å². The molecular weight excluding hydrogens is 376 g/mol. The van der Waals surface area contributed by atoms with Crippen molar-refractivity contribution in [2.45, 2.75) is 46.0 Å². The number of rotatable bonds is 4. The van der Waals surface area contributed by atoms with Crippen LogP contribution in [0.5, 0.6) is 0 Å². The normalized spacial score (nSPS) is 12.8. The molecule has 1 heterocycles. The summed E-state index contributed by atoms with van der Waals surface area (Å²) in [4.78, 5) is 37.9. The molecule has 0 unspecified atom stereocenters. The maximum absolute atomic E-state index is 12.7. The zero-order valence-electron chi connectivity index (χ0n) is 16.3. The van der Waals surface area contributed by atoms with Gasteiger partial charge in [-0.25, -0.2) is 4.79 Å². The molecular formula is C21H24N2O4S. The van der Waals surface area contributed by atoms with E-state index in [9.17, 15) is 14.4 Å². The molecule has 1 aromatic heterocycles. The van der Waals surface area contributed by atoms with Crippen molar-refractivity contribution in [1.82, 2.24) is 5.32 Å². The molecule has 3 amide bonds. The van der Waals surface area contributed by atoms with Crippen LogP contribution in [0.2, 0.25) is 0 Å². The molecule has 2 aromatic rings. The number of ether oxygens (including phenoxy) is 1. The number of hydrogen-bond donors (Lipinski definition) is 2. The highest BCUT2D eigenvalue weighted by molar-refractivity contribution is 7.17. The molecule has 7 heteroatoms. The predicted molar refractivity (Wildman–Crippen MR) is 109 cm³/mol. The molecule has 1 aliphatic carbocycles. The molecule has 0 bridgehead atoms. The Hall–Kier alpha value is -2.67. The Morgan fingerprint density at radius 3 is 2.64 bits per heavy atom. The first-order valence-electron chi connectivity index (χ1n) is 9.29. The number of methoxy groups -OCH3 is 1. The van der Waals surface area contributed by atoms with Gasteiger partial charge in [0.15, 0.2) is 0 Å². The number of fused-ring (bicyclic) bond motifs is 1. The quantitative estimate of drug-likeness (QED) is 0.815. The molecule has 0 fully saturated rings. The van der Waals surface area contributed by atoms with Gasteiger partial charge in [0.25, 0.3) is 5.91 Å². The third-order valence-corrected chi connectivity index (χ3v) is 6.12. The molecule has 28 heavy (non-hydrogen) atoms. The lowest BCUT2D eigenvalue weighted by molar-refractivity contribution is -0.115. The Labute approximate surface area is 168 Å². The molecule has 1 aromatic carbocycles. The number of alkyl carbamates (subject to hydrolysis) is 1. The second kappa shape index (κ2) is 8.56. The second-order valence-corrected chi connectivity index (χ2v) is 8.12. The molecule has 0 spiro atoms. The van der Waals surface area contributed by atoms with E-state index < -0.39 is 12.0 Å². The lowest BCUT2D eigenvalue weighted by atomic mass is 9.95. The largest absolute Gasteiger partial charge is 0.453 e. The third-order valence-electron chi connectivity index (χ3n) is 4.91. The van der Waals surface area contributed by atoms with Crippen LogP contribution in [0.15, 0.2) is 18.2 Å². The van der Waals surface area contributed by atoms with Crippen LogP contribution >= 0.6 is 11.3 Å². The minimum Gasteiger partial charge on any atom is -0.453 e. The molecule has 0 atom stereocenters. The number of thiophene rings is 1. The summed E-state index contributed by atoms with van der Waals surface area (Å²) in [5.41, 5.74) is 4.42. The van der Waals surface area contributed by atoms with Crippen molar-refractivity contribution in [3.8, 4) is 0 Å². The van der Waals surface area contributed by atoms with Gasteiger partial charge in [-0.2, -0.15) is 0 Å². The van der Waals surface area contributed by atoms with Crippen molar-refractivity contribution < 1.29 is 19.1 Å². The number of nitrogens with one attached hydrogen (secondary N) is 2. The van der Waals surface area contributed by atoms with Crippen LogP contribution in [0.4, 0.5) is 9.80 Å². The van der Waals surface area contributed by atoms with E-state index in [1.54, 1.807) is 0 Å². The van der Waals surface area contributed by atoms with Gasteiger partial charge in [-0.1, -0.05) is 23.8 Å². The number of imide groups is 1. The first-order valence-corrected chi connectivity index (χ1v) is 10.1. The average molecular weight is 401 g/mol. The van der Waals surface area contributed by atoms with Crippen molar-refractivity contribution in [1.29, 1.82) is 0 Å². The fraction of sp³-hybridized carbons (Fsp3) is 0.381. The summed E-state index contributed by atoms with van der Waals surface area (Å²) in [5.74, 6) is -0.715. The van der Waals surface area contributed by atoms with Crippen LogP contribution in [0.1, 0.15) is 50.3 Å². The van der Waals surface area contributed by atoms with Crippen LogP contribution in [0.25, 0.3) is 0 Å². The van der Waals surface area contributed by atoms with Gasteiger partial charge in [0.2, 0.25) is 5.91 Å². The Kier molecular flexibility index (Phi) is 6.14. The number of hydrogen-bond acceptors (Lipinski definition) is 5. The lowest BCUT2D eigenvalue weighted by Gasteiger charge is -2.13. The standard InChI is InChI=1S/C21H24N2O4S/c1-12-8-9-13(2)14(10-12)11-17(24)22-20-18(19(25)23-21(26)27-3)15-6-4-5-7-16(15)28-20/h8-10H,4-7,11H2,1-3H3,(H,22,24)(H,23,25,26). The first-order chi connectivity index (χ1) is 13.4. The number of benzene rings is 1. The van der Waals surface area contributed by atoms with Gasteiger partial charge >= 0.3 is 6.09 Å². The minimum atomic E-state index is -0.812. The van der Waals surface area contributed by atoms with E-state index in [2.05, 4.69) is 15.4 Å². The number of carbonyl (C=O) groups is 3. The molecule has 0 radical (unpaired) electrons. The summed E-state index contributed by atoms with van der Waals surface area (Å²) in [6.07, 6.45) is 3.11. The average Bonchev–Trinajstić information content (AvgIpc) is 3.02. The van der Waals surface area contributed by atoms with Crippen LogP contribution < -0.4 is 10.6 Å². The highest BCUT2D eigenvalue weighted by Crippen LogP contribution is 2.38. The van der Waals surface area contributed by atoms with Crippen LogP contribution in [0, 0.1) is 13.8 Å². The summed E-state index contributed by atoms with van der Waals surface area (Å²) < 4.78 is 4.53. The number of carbonyl (C=O) groups excluding carboxylic acids is 3. The zero-order chi connectivity index (χ0) is 20.3. The van der Waals surface area contributed by atoms with Crippen LogP contribution in [0.3, 0.4) is 0 Å². The van der Waals surface area contributed by atoms with E-state index in [4.69, 9.17) is 0 Å². The molecule has 6 nitrogen and oxygen atoms in total. The minimum absolute atomic E-state index is 0.181. The number of aryl methyl sites for hydroxylation is 3. The van der Waals surface area contributed by atoms with Crippen molar-refractivity contribution in [2.24, 2.45) is 0 Å². The van der Waals surface area contributed by atoms with Crippen molar-refractivity contribution in [2.75, 3.05) is 12.4 Å². The molecule has 2 N–H and O–H groups in total. The van der Waals surface area contributed by atoms with E-state index in [0.29, 0.717) is 10.6 Å². The van der Waals surface area contributed by atoms with Gasteiger partial charge in [0, 0.05) is 4.88 Å². The fourth-order valence-corrected chi connectivity index (χ4v) is 4.74. The summed E-state index contributed by atoms with van der Waals surface area (Å²) in [6, 6.07) is 6.01. The highest BCUT2D eigenvalue weighted by Gasteiger charge is 2.27. The third kappa shape index (κ3) is 4.42. The van der Waals surface area contributed by atoms with E-state index in [0.717, 1.165) is 52.8 Å². The SMILES string of the molecule is COC(=O)NC(=O)c1c(NC(=O)Cc2cc(C)ccc2C)sc2c1CCCC2. The van der Waals surface area contributed by atoms with Crippen molar-refractivity contribution in [3.63, 3.8) is 0 Å². The predicted octanol–water partition coefficient (Wildman–Crippen LogP) is 3.92. The molecule has 3 rings (SSSR count). The smallest absolute Gasteiger partial charge is 0.413 e. The van der Waals surface area contributed by atoms with E-state index in [1.165, 1.54) is 18.4 Å². The topological polar surface area (TPSA) is 84.5 Å². The monoisotopic (exact) mass is 400 g/mol. The molecule has 1 aliphatic rings. The van der Waals surface area contributed by atoms with E-state index >= 15 is 0 Å². The highest BCUT2D eigenvalue weighted by atomic mass is 32.1. The summed E-state index contributed by atoms with van der Waals surface area (Å²) >= 11 is 1.43. The van der Waals surface area contributed by atoms with E-state index in [1.807, 2.05) is 32.0 Å². The van der Waals surface area contributed by atoms with Crippen LogP contribution in [-0.2, 0) is 28.8 Å². The second-order valence-electron chi connectivity index (χ2n) is 7.02. The van der Waals surface area contributed by atoms with Gasteiger partial charge in [0.1, 0.15) is 5.00 Å².